The number of anilines is 2. The Balaban J connectivity index is 1.31. The van der Waals surface area contributed by atoms with Gasteiger partial charge in [0.25, 0.3) is 0 Å². The average Bonchev–Trinajstić information content (AvgIpc) is 3.44. The highest BCUT2D eigenvalue weighted by Crippen LogP contribution is 2.23. The van der Waals surface area contributed by atoms with Gasteiger partial charge in [-0.2, -0.15) is 0 Å². The summed E-state index contributed by atoms with van der Waals surface area (Å²) in [5.41, 5.74) is 2.08. The molecule has 156 valence electrons. The second kappa shape index (κ2) is 7.99. The van der Waals surface area contributed by atoms with E-state index >= 15 is 0 Å². The summed E-state index contributed by atoms with van der Waals surface area (Å²) in [5.74, 6) is 2.29. The summed E-state index contributed by atoms with van der Waals surface area (Å²) in [4.78, 5) is 16.6. The second-order valence-corrected chi connectivity index (χ2v) is 8.00. The van der Waals surface area contributed by atoms with Gasteiger partial charge in [-0.25, -0.2) is 9.97 Å². The van der Waals surface area contributed by atoms with E-state index in [2.05, 4.69) is 79.2 Å². The van der Waals surface area contributed by atoms with Crippen LogP contribution in [-0.2, 0) is 6.54 Å². The second-order valence-electron chi connectivity index (χ2n) is 8.00. The highest BCUT2D eigenvalue weighted by Gasteiger charge is 2.20. The smallest absolute Gasteiger partial charge is 0.142 e. The number of fused-ring (bicyclic) bond motifs is 2. The molecular formula is C23H29N7. The average molecular weight is 404 g/mol. The van der Waals surface area contributed by atoms with Gasteiger partial charge in [0.2, 0.25) is 0 Å². The van der Waals surface area contributed by atoms with Crippen molar-refractivity contribution >= 4 is 28.3 Å². The van der Waals surface area contributed by atoms with Crippen LogP contribution in [0.3, 0.4) is 0 Å². The van der Waals surface area contributed by atoms with Gasteiger partial charge in [0.15, 0.2) is 0 Å². The first-order valence-corrected chi connectivity index (χ1v) is 10.8. The molecule has 30 heavy (non-hydrogen) atoms. The van der Waals surface area contributed by atoms with Crippen molar-refractivity contribution in [3.8, 4) is 0 Å². The van der Waals surface area contributed by atoms with Crippen molar-refractivity contribution in [3.63, 3.8) is 0 Å². The fourth-order valence-electron chi connectivity index (χ4n) is 4.20. The number of aromatic nitrogens is 4. The lowest BCUT2D eigenvalue weighted by Gasteiger charge is -2.36. The summed E-state index contributed by atoms with van der Waals surface area (Å²) in [6.07, 6.45) is 6.06. The van der Waals surface area contributed by atoms with Gasteiger partial charge in [-0.05, 0) is 43.9 Å². The third-order valence-electron chi connectivity index (χ3n) is 6.19. The fourth-order valence-corrected chi connectivity index (χ4v) is 4.20. The zero-order valence-corrected chi connectivity index (χ0v) is 17.8. The van der Waals surface area contributed by atoms with Crippen LogP contribution in [-0.4, -0.2) is 70.2 Å². The third-order valence-corrected chi connectivity index (χ3v) is 6.19. The number of piperazine rings is 1. The van der Waals surface area contributed by atoms with Crippen molar-refractivity contribution in [2.24, 2.45) is 0 Å². The molecule has 5 rings (SSSR count). The lowest BCUT2D eigenvalue weighted by molar-refractivity contribution is 0.337. The molecule has 1 saturated heterocycles. The van der Waals surface area contributed by atoms with E-state index in [1.807, 2.05) is 18.5 Å². The first kappa shape index (κ1) is 18.9. The van der Waals surface area contributed by atoms with Gasteiger partial charge >= 0.3 is 0 Å². The molecule has 0 N–H and O–H groups in total. The minimum absolute atomic E-state index is 0.961. The molecule has 0 saturated carbocycles. The number of rotatable bonds is 6. The first-order chi connectivity index (χ1) is 14.7. The van der Waals surface area contributed by atoms with Crippen molar-refractivity contribution in [2.75, 3.05) is 56.1 Å². The monoisotopic (exact) mass is 403 g/mol. The molecule has 0 aliphatic carbocycles. The van der Waals surface area contributed by atoms with Crippen LogP contribution in [0.4, 0.5) is 11.6 Å². The number of nitrogens with zero attached hydrogens (tertiary/aromatic N) is 7. The molecular weight excluding hydrogens is 374 g/mol. The third kappa shape index (κ3) is 3.50. The Hall–Kier alpha value is -3.06. The van der Waals surface area contributed by atoms with Crippen LogP contribution >= 0.6 is 0 Å². The van der Waals surface area contributed by atoms with E-state index in [4.69, 9.17) is 4.98 Å². The van der Waals surface area contributed by atoms with Crippen LogP contribution < -0.4 is 9.80 Å². The molecule has 7 nitrogen and oxygen atoms in total. The van der Waals surface area contributed by atoms with Crippen molar-refractivity contribution in [2.45, 2.75) is 13.5 Å². The highest BCUT2D eigenvalue weighted by molar-refractivity contribution is 5.78. The summed E-state index contributed by atoms with van der Waals surface area (Å²) in [5, 5.41) is 1.21. The number of hydrogen-bond donors (Lipinski definition) is 0. The van der Waals surface area contributed by atoms with Gasteiger partial charge in [0.1, 0.15) is 22.9 Å². The minimum Gasteiger partial charge on any atom is -0.354 e. The number of pyridine rings is 2. The molecule has 0 unspecified atom stereocenters. The van der Waals surface area contributed by atoms with Gasteiger partial charge in [-0.15, -0.1) is 0 Å². The van der Waals surface area contributed by atoms with Crippen LogP contribution in [0.1, 0.15) is 6.92 Å². The highest BCUT2D eigenvalue weighted by atomic mass is 15.3. The van der Waals surface area contributed by atoms with Crippen molar-refractivity contribution in [1.29, 1.82) is 0 Å². The summed E-state index contributed by atoms with van der Waals surface area (Å²) in [6, 6.07) is 12.8. The van der Waals surface area contributed by atoms with Gasteiger partial charge in [-0.3, -0.25) is 4.40 Å². The molecule has 0 atom stereocenters. The van der Waals surface area contributed by atoms with E-state index < -0.39 is 0 Å². The maximum atomic E-state index is 5.04. The molecule has 4 aromatic rings. The van der Waals surface area contributed by atoms with E-state index in [-0.39, 0.29) is 0 Å². The summed E-state index contributed by atoms with van der Waals surface area (Å²) >= 11 is 0. The molecule has 1 aliphatic heterocycles. The molecule has 1 aliphatic rings. The molecule has 0 spiro atoms. The van der Waals surface area contributed by atoms with E-state index in [0.717, 1.165) is 62.9 Å². The molecule has 0 aromatic carbocycles. The molecule has 0 amide bonds. The Morgan fingerprint density at radius 2 is 1.80 bits per heavy atom. The summed E-state index contributed by atoms with van der Waals surface area (Å²) in [6.45, 7) is 9.12. The molecule has 1 fully saturated rings. The molecule has 4 aromatic heterocycles. The molecule has 5 heterocycles. The van der Waals surface area contributed by atoms with Crippen LogP contribution in [0.5, 0.6) is 0 Å². The molecule has 0 radical (unpaired) electrons. The Morgan fingerprint density at radius 3 is 2.63 bits per heavy atom. The van der Waals surface area contributed by atoms with E-state index in [0.29, 0.717) is 0 Å². The van der Waals surface area contributed by atoms with Crippen LogP contribution in [0.25, 0.3) is 16.7 Å². The number of imidazole rings is 1. The SMILES string of the molecule is CCN(C)CCn1ccc2ccc(N3CCN(c4cccc5nccn45)CC3)nc21. The fraction of sp³-hybridized carbons (Fsp3) is 0.391. The Bertz CT molecular complexity index is 1140. The van der Waals surface area contributed by atoms with E-state index in [9.17, 15) is 0 Å². The molecule has 0 bridgehead atoms. The zero-order chi connectivity index (χ0) is 20.5. The number of hydrogen-bond acceptors (Lipinski definition) is 5. The maximum absolute atomic E-state index is 5.04. The van der Waals surface area contributed by atoms with Crippen LogP contribution in [0.2, 0.25) is 0 Å². The zero-order valence-electron chi connectivity index (χ0n) is 17.8. The predicted octanol–water partition coefficient (Wildman–Crippen LogP) is 2.96. The van der Waals surface area contributed by atoms with Gasteiger partial charge in [0.05, 0.1) is 0 Å². The quantitative estimate of drug-likeness (QED) is 0.495. The van der Waals surface area contributed by atoms with Gasteiger partial charge < -0.3 is 19.3 Å². The van der Waals surface area contributed by atoms with Crippen molar-refractivity contribution < 1.29 is 0 Å². The Kier molecular flexibility index (Phi) is 5.04. The normalized spacial score (nSPS) is 15.0. The van der Waals surface area contributed by atoms with Crippen LogP contribution in [0.15, 0.2) is 55.0 Å². The maximum Gasteiger partial charge on any atom is 0.142 e. The summed E-state index contributed by atoms with van der Waals surface area (Å²) < 4.78 is 4.45. The van der Waals surface area contributed by atoms with Crippen LogP contribution in [0, 0.1) is 0 Å². The topological polar surface area (TPSA) is 44.8 Å². The largest absolute Gasteiger partial charge is 0.354 e. The van der Waals surface area contributed by atoms with Gasteiger partial charge in [-0.1, -0.05) is 13.0 Å². The Labute approximate surface area is 177 Å². The predicted molar refractivity (Wildman–Crippen MR) is 123 cm³/mol. The van der Waals surface area contributed by atoms with Gasteiger partial charge in [0, 0.05) is 63.2 Å². The number of likely N-dealkylation sites (N-methyl/N-ethyl adjacent to an activating group) is 1. The standard InChI is InChI=1S/C23H29N7/c1-3-26(2)13-14-29-11-9-19-7-8-21(25-23(19)29)27-15-17-28(18-16-27)22-6-4-5-20-24-10-12-30(20)22/h4-12H,3,13-18H2,1-2H3. The lowest BCUT2D eigenvalue weighted by atomic mass is 10.2. The molecule has 7 heteroatoms. The first-order valence-electron chi connectivity index (χ1n) is 10.8. The van der Waals surface area contributed by atoms with Crippen molar-refractivity contribution in [1.82, 2.24) is 23.8 Å². The lowest BCUT2D eigenvalue weighted by Crippen LogP contribution is -2.47. The van der Waals surface area contributed by atoms with E-state index in [1.54, 1.807) is 0 Å². The van der Waals surface area contributed by atoms with Crippen molar-refractivity contribution in [3.05, 3.63) is 55.0 Å². The summed E-state index contributed by atoms with van der Waals surface area (Å²) in [7, 11) is 2.16. The minimum atomic E-state index is 0.961. The van der Waals surface area contributed by atoms with E-state index in [1.165, 1.54) is 11.2 Å². The Morgan fingerprint density at radius 1 is 0.967 bits per heavy atom.